The summed E-state index contributed by atoms with van der Waals surface area (Å²) in [7, 11) is 1.78. The summed E-state index contributed by atoms with van der Waals surface area (Å²) < 4.78 is 2.33. The highest BCUT2D eigenvalue weighted by molar-refractivity contribution is 7.23. The highest BCUT2D eigenvalue weighted by Gasteiger charge is 2.25. The standard InChI is InChI=1S/C19H20ClN5O2S2/c1-24-10-12(9-21-24)18(27)22-13-4-6-25(7-5-13)17(26)8-14-11-28-19(23-14)15-2-3-16(20)29-15/h2-3,9-11,13H,4-8H2,1H3,(H,22,27). The Hall–Kier alpha value is -2.23. The highest BCUT2D eigenvalue weighted by atomic mass is 35.5. The van der Waals surface area contributed by atoms with Crippen LogP contribution in [-0.2, 0) is 18.3 Å². The van der Waals surface area contributed by atoms with Crippen molar-refractivity contribution in [1.82, 2.24) is 25.0 Å². The second kappa shape index (κ2) is 8.64. The zero-order chi connectivity index (χ0) is 20.4. The number of hydrogen-bond donors (Lipinski definition) is 1. The third-order valence-electron chi connectivity index (χ3n) is 4.82. The van der Waals surface area contributed by atoms with E-state index in [0.29, 0.717) is 25.1 Å². The molecule has 2 amide bonds. The predicted molar refractivity (Wildman–Crippen MR) is 114 cm³/mol. The van der Waals surface area contributed by atoms with E-state index in [1.54, 1.807) is 24.1 Å². The Morgan fingerprint density at radius 3 is 2.76 bits per heavy atom. The van der Waals surface area contributed by atoms with E-state index in [1.165, 1.54) is 22.7 Å². The first-order chi connectivity index (χ1) is 14.0. The van der Waals surface area contributed by atoms with Crippen LogP contribution in [-0.4, -0.2) is 50.6 Å². The number of likely N-dealkylation sites (tertiary alicyclic amines) is 1. The first-order valence-corrected chi connectivity index (χ1v) is 11.3. The van der Waals surface area contributed by atoms with Crippen LogP contribution in [0, 0.1) is 0 Å². The molecule has 10 heteroatoms. The number of rotatable bonds is 5. The van der Waals surface area contributed by atoms with Crippen LogP contribution in [0.5, 0.6) is 0 Å². The van der Waals surface area contributed by atoms with E-state index in [0.717, 1.165) is 32.8 Å². The fraction of sp³-hybridized carbons (Fsp3) is 0.368. The van der Waals surface area contributed by atoms with Crippen molar-refractivity contribution in [3.05, 3.63) is 45.5 Å². The molecular weight excluding hydrogens is 430 g/mol. The first kappa shape index (κ1) is 20.1. The number of piperidine rings is 1. The minimum absolute atomic E-state index is 0.0706. The van der Waals surface area contributed by atoms with Crippen LogP contribution in [0.15, 0.2) is 29.9 Å². The molecule has 1 aliphatic rings. The Labute approximate surface area is 181 Å². The number of aromatic nitrogens is 3. The van der Waals surface area contributed by atoms with Crippen LogP contribution in [0.1, 0.15) is 28.9 Å². The number of carbonyl (C=O) groups is 2. The van der Waals surface area contributed by atoms with Gasteiger partial charge in [-0.15, -0.1) is 22.7 Å². The number of thiophene rings is 1. The summed E-state index contributed by atoms with van der Waals surface area (Å²) >= 11 is 9.00. The molecular formula is C19H20ClN5O2S2. The summed E-state index contributed by atoms with van der Waals surface area (Å²) in [6.07, 6.45) is 5.03. The molecule has 3 aromatic heterocycles. The van der Waals surface area contributed by atoms with Gasteiger partial charge >= 0.3 is 0 Å². The lowest BCUT2D eigenvalue weighted by Gasteiger charge is -2.32. The molecule has 0 bridgehead atoms. The van der Waals surface area contributed by atoms with Crippen molar-refractivity contribution in [3.63, 3.8) is 0 Å². The number of carbonyl (C=O) groups excluding carboxylic acids is 2. The molecule has 29 heavy (non-hydrogen) atoms. The second-order valence-electron chi connectivity index (χ2n) is 6.96. The molecule has 152 valence electrons. The van der Waals surface area contributed by atoms with Crippen LogP contribution in [0.2, 0.25) is 4.34 Å². The van der Waals surface area contributed by atoms with E-state index >= 15 is 0 Å². The fourth-order valence-electron chi connectivity index (χ4n) is 3.28. The molecule has 4 rings (SSSR count). The van der Waals surface area contributed by atoms with Crippen molar-refractivity contribution in [2.24, 2.45) is 7.05 Å². The topological polar surface area (TPSA) is 80.1 Å². The summed E-state index contributed by atoms with van der Waals surface area (Å²) in [6.45, 7) is 1.27. The van der Waals surface area contributed by atoms with E-state index in [4.69, 9.17) is 11.6 Å². The van der Waals surface area contributed by atoms with Gasteiger partial charge in [0.05, 0.1) is 33.1 Å². The molecule has 1 saturated heterocycles. The normalized spacial score (nSPS) is 14.9. The van der Waals surface area contributed by atoms with Gasteiger partial charge in [-0.3, -0.25) is 14.3 Å². The van der Waals surface area contributed by atoms with E-state index in [1.807, 2.05) is 22.4 Å². The van der Waals surface area contributed by atoms with Crippen molar-refractivity contribution < 1.29 is 9.59 Å². The van der Waals surface area contributed by atoms with Crippen molar-refractivity contribution in [2.45, 2.75) is 25.3 Å². The molecule has 0 aromatic carbocycles. The maximum absolute atomic E-state index is 12.6. The minimum atomic E-state index is -0.119. The number of nitrogens with one attached hydrogen (secondary N) is 1. The SMILES string of the molecule is Cn1cc(C(=O)NC2CCN(C(=O)Cc3csc(-c4ccc(Cl)s4)n3)CC2)cn1. The van der Waals surface area contributed by atoms with Gasteiger partial charge in [-0.05, 0) is 25.0 Å². The van der Waals surface area contributed by atoms with Crippen molar-refractivity contribution in [1.29, 1.82) is 0 Å². The molecule has 0 atom stereocenters. The minimum Gasteiger partial charge on any atom is -0.349 e. The molecule has 4 heterocycles. The van der Waals surface area contributed by atoms with E-state index in [9.17, 15) is 9.59 Å². The van der Waals surface area contributed by atoms with E-state index in [-0.39, 0.29) is 17.9 Å². The van der Waals surface area contributed by atoms with Crippen LogP contribution < -0.4 is 5.32 Å². The monoisotopic (exact) mass is 449 g/mol. The predicted octanol–water partition coefficient (Wildman–Crippen LogP) is 3.22. The van der Waals surface area contributed by atoms with Crippen LogP contribution in [0.3, 0.4) is 0 Å². The Kier molecular flexibility index (Phi) is 5.98. The molecule has 1 aliphatic heterocycles. The molecule has 3 aromatic rings. The highest BCUT2D eigenvalue weighted by Crippen LogP contribution is 2.33. The smallest absolute Gasteiger partial charge is 0.254 e. The zero-order valence-electron chi connectivity index (χ0n) is 15.8. The summed E-state index contributed by atoms with van der Waals surface area (Å²) in [5.41, 5.74) is 1.34. The summed E-state index contributed by atoms with van der Waals surface area (Å²) in [5.74, 6) is -0.0466. The Balaban J connectivity index is 1.27. The second-order valence-corrected chi connectivity index (χ2v) is 9.53. The quantitative estimate of drug-likeness (QED) is 0.648. The van der Waals surface area contributed by atoms with Crippen molar-refractivity contribution >= 4 is 46.1 Å². The van der Waals surface area contributed by atoms with Crippen LogP contribution in [0.4, 0.5) is 0 Å². The van der Waals surface area contributed by atoms with Crippen molar-refractivity contribution in [3.8, 4) is 9.88 Å². The van der Waals surface area contributed by atoms with Gasteiger partial charge < -0.3 is 10.2 Å². The first-order valence-electron chi connectivity index (χ1n) is 9.25. The van der Waals surface area contributed by atoms with E-state index < -0.39 is 0 Å². The molecule has 0 unspecified atom stereocenters. The Bertz CT molecular complexity index is 1020. The molecule has 0 saturated carbocycles. The lowest BCUT2D eigenvalue weighted by atomic mass is 10.0. The summed E-state index contributed by atoms with van der Waals surface area (Å²) in [6, 6.07) is 3.87. The van der Waals surface area contributed by atoms with Gasteiger partial charge in [0, 0.05) is 37.8 Å². The number of hydrogen-bond acceptors (Lipinski definition) is 6. The lowest BCUT2D eigenvalue weighted by Crippen LogP contribution is -2.46. The van der Waals surface area contributed by atoms with Gasteiger partial charge in [-0.1, -0.05) is 11.6 Å². The molecule has 7 nitrogen and oxygen atoms in total. The number of nitrogens with zero attached hydrogens (tertiary/aromatic N) is 4. The fourth-order valence-corrected chi connectivity index (χ4v) is 5.21. The van der Waals surface area contributed by atoms with Gasteiger partial charge in [0.15, 0.2) is 0 Å². The zero-order valence-corrected chi connectivity index (χ0v) is 18.2. The maximum atomic E-state index is 12.6. The largest absolute Gasteiger partial charge is 0.349 e. The number of aryl methyl sites for hydroxylation is 1. The molecule has 1 fully saturated rings. The molecule has 0 aliphatic carbocycles. The Morgan fingerprint density at radius 1 is 1.31 bits per heavy atom. The third kappa shape index (κ3) is 4.85. The average Bonchev–Trinajstić information content (AvgIpc) is 3.43. The van der Waals surface area contributed by atoms with Crippen molar-refractivity contribution in [2.75, 3.05) is 13.1 Å². The van der Waals surface area contributed by atoms with Gasteiger partial charge in [-0.2, -0.15) is 5.10 Å². The number of halogens is 1. The summed E-state index contributed by atoms with van der Waals surface area (Å²) in [4.78, 5) is 32.3. The number of thiazole rings is 1. The average molecular weight is 450 g/mol. The molecule has 1 N–H and O–H groups in total. The van der Waals surface area contributed by atoms with Gasteiger partial charge in [0.1, 0.15) is 5.01 Å². The van der Waals surface area contributed by atoms with E-state index in [2.05, 4.69) is 15.4 Å². The van der Waals surface area contributed by atoms with Crippen LogP contribution >= 0.6 is 34.3 Å². The lowest BCUT2D eigenvalue weighted by molar-refractivity contribution is -0.131. The van der Waals surface area contributed by atoms with Gasteiger partial charge in [-0.25, -0.2) is 4.98 Å². The maximum Gasteiger partial charge on any atom is 0.254 e. The van der Waals surface area contributed by atoms with Gasteiger partial charge in [0.2, 0.25) is 5.91 Å². The molecule has 0 radical (unpaired) electrons. The summed E-state index contributed by atoms with van der Waals surface area (Å²) in [5, 5.41) is 9.87. The Morgan fingerprint density at radius 2 is 2.10 bits per heavy atom. The third-order valence-corrected chi connectivity index (χ3v) is 7.11. The number of amides is 2. The molecule has 0 spiro atoms. The van der Waals surface area contributed by atoms with Crippen LogP contribution in [0.25, 0.3) is 9.88 Å². The van der Waals surface area contributed by atoms with Gasteiger partial charge in [0.25, 0.3) is 5.91 Å².